The maximum atomic E-state index is 12.5. The van der Waals surface area contributed by atoms with Gasteiger partial charge >= 0.3 is 0 Å². The third-order valence-electron chi connectivity index (χ3n) is 5.51. The number of carbonyl (C=O) groups is 1. The second kappa shape index (κ2) is 9.11. The summed E-state index contributed by atoms with van der Waals surface area (Å²) < 4.78 is 5.20. The number of carbonyl (C=O) groups excluding carboxylic acids is 1. The van der Waals surface area contributed by atoms with Crippen molar-refractivity contribution in [3.63, 3.8) is 0 Å². The Hall–Kier alpha value is -2.83. The van der Waals surface area contributed by atoms with Crippen LogP contribution in [0.3, 0.4) is 0 Å². The quantitative estimate of drug-likeness (QED) is 0.778. The Morgan fingerprint density at radius 1 is 1.10 bits per heavy atom. The lowest BCUT2D eigenvalue weighted by Crippen LogP contribution is -2.40. The third kappa shape index (κ3) is 5.16. The van der Waals surface area contributed by atoms with Crippen LogP contribution in [0.15, 0.2) is 24.3 Å². The average Bonchev–Trinajstić information content (AvgIpc) is 2.71. The Morgan fingerprint density at radius 2 is 1.79 bits per heavy atom. The minimum Gasteiger partial charge on any atom is -0.497 e. The van der Waals surface area contributed by atoms with E-state index in [2.05, 4.69) is 20.6 Å². The fraction of sp³-hybridized carbons (Fsp3) is 0.500. The Balaban J connectivity index is 1.55. The van der Waals surface area contributed by atoms with E-state index < -0.39 is 0 Å². The van der Waals surface area contributed by atoms with Crippen LogP contribution in [0, 0.1) is 13.8 Å². The highest BCUT2D eigenvalue weighted by Crippen LogP contribution is 2.24. The van der Waals surface area contributed by atoms with Gasteiger partial charge in [0.25, 0.3) is 5.91 Å². The first-order valence-corrected chi connectivity index (χ1v) is 10.1. The fourth-order valence-electron chi connectivity index (χ4n) is 3.71. The zero-order valence-electron chi connectivity index (χ0n) is 18.0. The molecule has 1 amide bonds. The number of aromatic nitrogens is 2. The lowest BCUT2D eigenvalue weighted by molar-refractivity contribution is 0.0926. The number of rotatable bonds is 6. The molecule has 2 N–H and O–H groups in total. The van der Waals surface area contributed by atoms with Gasteiger partial charge in [0.2, 0.25) is 5.95 Å². The number of nitrogens with zero attached hydrogens (tertiary/aromatic N) is 3. The summed E-state index contributed by atoms with van der Waals surface area (Å²) in [6, 6.07) is 7.75. The van der Waals surface area contributed by atoms with E-state index in [1.54, 1.807) is 13.2 Å². The Kier molecular flexibility index (Phi) is 6.56. The molecule has 1 aliphatic carbocycles. The summed E-state index contributed by atoms with van der Waals surface area (Å²) in [5, 5.41) is 6.64. The molecule has 0 radical (unpaired) electrons. The van der Waals surface area contributed by atoms with Crippen molar-refractivity contribution in [3.05, 3.63) is 41.1 Å². The van der Waals surface area contributed by atoms with Gasteiger partial charge in [0.05, 0.1) is 7.11 Å². The second-order valence-corrected chi connectivity index (χ2v) is 7.87. The van der Waals surface area contributed by atoms with Crippen molar-refractivity contribution in [1.29, 1.82) is 0 Å². The Labute approximate surface area is 172 Å². The third-order valence-corrected chi connectivity index (χ3v) is 5.51. The highest BCUT2D eigenvalue weighted by molar-refractivity contribution is 5.94. The standard InChI is InChI=1S/C22H31N5O2/c1-14-15(2)23-22(26-20(14)27(3)4)25-18-11-9-17(10-12-18)24-21(28)16-7-6-8-19(13-16)29-5/h6-8,13,17-18H,9-12H2,1-5H3,(H,24,28)(H,23,25,26)/t17-,18+. The van der Waals surface area contributed by atoms with Gasteiger partial charge in [0.15, 0.2) is 0 Å². The molecule has 3 rings (SSSR count). The summed E-state index contributed by atoms with van der Waals surface area (Å²) in [4.78, 5) is 23.8. The van der Waals surface area contributed by atoms with Gasteiger partial charge in [-0.15, -0.1) is 0 Å². The predicted molar refractivity (Wildman–Crippen MR) is 116 cm³/mol. The van der Waals surface area contributed by atoms with Gasteiger partial charge in [-0.25, -0.2) is 4.98 Å². The maximum Gasteiger partial charge on any atom is 0.251 e. The molecule has 0 spiro atoms. The van der Waals surface area contributed by atoms with Gasteiger partial charge in [0, 0.05) is 43.0 Å². The average molecular weight is 398 g/mol. The van der Waals surface area contributed by atoms with E-state index in [0.29, 0.717) is 23.3 Å². The van der Waals surface area contributed by atoms with Crippen LogP contribution in [-0.4, -0.2) is 49.2 Å². The zero-order valence-corrected chi connectivity index (χ0v) is 18.0. The number of hydrogen-bond donors (Lipinski definition) is 2. The highest BCUT2D eigenvalue weighted by Gasteiger charge is 2.24. The molecule has 0 bridgehead atoms. The van der Waals surface area contributed by atoms with Crippen LogP contribution in [0.25, 0.3) is 0 Å². The molecule has 0 atom stereocenters. The first-order valence-electron chi connectivity index (χ1n) is 10.1. The molecule has 0 aliphatic heterocycles. The van der Waals surface area contributed by atoms with Crippen LogP contribution in [0.2, 0.25) is 0 Å². The molecule has 1 fully saturated rings. The topological polar surface area (TPSA) is 79.4 Å². The van der Waals surface area contributed by atoms with Crippen molar-refractivity contribution in [3.8, 4) is 5.75 Å². The van der Waals surface area contributed by atoms with Crippen LogP contribution in [0.4, 0.5) is 11.8 Å². The summed E-state index contributed by atoms with van der Waals surface area (Å²) in [5.74, 6) is 2.27. The molecule has 7 heteroatoms. The Bertz CT molecular complexity index is 860. The fourth-order valence-corrected chi connectivity index (χ4v) is 3.71. The van der Waals surface area contributed by atoms with Gasteiger partial charge in [-0.1, -0.05) is 6.07 Å². The number of nitrogens with one attached hydrogen (secondary N) is 2. The van der Waals surface area contributed by atoms with Crippen molar-refractivity contribution >= 4 is 17.7 Å². The normalized spacial score (nSPS) is 18.8. The largest absolute Gasteiger partial charge is 0.497 e. The summed E-state index contributed by atoms with van der Waals surface area (Å²) in [5.41, 5.74) is 2.72. The molecular formula is C22H31N5O2. The predicted octanol–water partition coefficient (Wildman–Crippen LogP) is 3.32. The van der Waals surface area contributed by atoms with Gasteiger partial charge < -0.3 is 20.3 Å². The molecule has 0 saturated heterocycles. The summed E-state index contributed by atoms with van der Waals surface area (Å²) in [6.45, 7) is 4.06. The van der Waals surface area contributed by atoms with Crippen LogP contribution < -0.4 is 20.3 Å². The van der Waals surface area contributed by atoms with E-state index in [0.717, 1.165) is 42.8 Å². The molecule has 1 heterocycles. The molecule has 2 aromatic rings. The summed E-state index contributed by atoms with van der Waals surface area (Å²) in [7, 11) is 5.59. The minimum absolute atomic E-state index is 0.0478. The number of ether oxygens (including phenoxy) is 1. The summed E-state index contributed by atoms with van der Waals surface area (Å²) in [6.07, 6.45) is 3.80. The number of methoxy groups -OCH3 is 1. The molecule has 1 aromatic carbocycles. The molecule has 0 unspecified atom stereocenters. The smallest absolute Gasteiger partial charge is 0.251 e. The molecule has 1 saturated carbocycles. The van der Waals surface area contributed by atoms with Gasteiger partial charge in [-0.3, -0.25) is 4.79 Å². The van der Waals surface area contributed by atoms with Gasteiger partial charge in [0.1, 0.15) is 11.6 Å². The lowest BCUT2D eigenvalue weighted by Gasteiger charge is -2.30. The molecule has 1 aromatic heterocycles. The van der Waals surface area contributed by atoms with E-state index in [-0.39, 0.29) is 11.9 Å². The first-order chi connectivity index (χ1) is 13.9. The maximum absolute atomic E-state index is 12.5. The second-order valence-electron chi connectivity index (χ2n) is 7.87. The highest BCUT2D eigenvalue weighted by atomic mass is 16.5. The van der Waals surface area contributed by atoms with Crippen LogP contribution in [0.5, 0.6) is 5.75 Å². The van der Waals surface area contributed by atoms with Crippen LogP contribution in [0.1, 0.15) is 47.3 Å². The van der Waals surface area contributed by atoms with Gasteiger partial charge in [-0.2, -0.15) is 4.98 Å². The van der Waals surface area contributed by atoms with E-state index >= 15 is 0 Å². The summed E-state index contributed by atoms with van der Waals surface area (Å²) >= 11 is 0. The van der Waals surface area contributed by atoms with Crippen molar-refractivity contribution in [2.75, 3.05) is 31.4 Å². The molecule has 7 nitrogen and oxygen atoms in total. The number of amides is 1. The van der Waals surface area contributed by atoms with E-state index in [1.165, 1.54) is 0 Å². The number of anilines is 2. The van der Waals surface area contributed by atoms with E-state index in [4.69, 9.17) is 4.74 Å². The SMILES string of the molecule is COc1cccc(C(=O)N[C@H]2CC[C@@H](Nc3nc(C)c(C)c(N(C)C)n3)CC2)c1. The van der Waals surface area contributed by atoms with Crippen molar-refractivity contribution in [1.82, 2.24) is 15.3 Å². The first kappa shape index (κ1) is 20.9. The Morgan fingerprint density at radius 3 is 2.45 bits per heavy atom. The van der Waals surface area contributed by atoms with E-state index in [9.17, 15) is 4.79 Å². The molecule has 1 aliphatic rings. The molecule has 156 valence electrons. The zero-order chi connectivity index (χ0) is 21.0. The van der Waals surface area contributed by atoms with Crippen molar-refractivity contribution in [2.24, 2.45) is 0 Å². The van der Waals surface area contributed by atoms with E-state index in [1.807, 2.05) is 51.0 Å². The molecular weight excluding hydrogens is 366 g/mol. The number of benzene rings is 1. The van der Waals surface area contributed by atoms with Gasteiger partial charge in [-0.05, 0) is 57.7 Å². The number of aryl methyl sites for hydroxylation is 1. The molecule has 29 heavy (non-hydrogen) atoms. The van der Waals surface area contributed by atoms with Crippen molar-refractivity contribution < 1.29 is 9.53 Å². The minimum atomic E-state index is -0.0478. The van der Waals surface area contributed by atoms with Crippen molar-refractivity contribution in [2.45, 2.75) is 51.6 Å². The van der Waals surface area contributed by atoms with Crippen LogP contribution >= 0.6 is 0 Å². The number of hydrogen-bond acceptors (Lipinski definition) is 6. The van der Waals surface area contributed by atoms with Crippen LogP contribution in [-0.2, 0) is 0 Å². The lowest BCUT2D eigenvalue weighted by atomic mass is 9.91. The monoisotopic (exact) mass is 397 g/mol.